The highest BCUT2D eigenvalue weighted by Gasteiger charge is 2.59. The van der Waals surface area contributed by atoms with E-state index in [0.29, 0.717) is 19.5 Å². The second-order valence-electron chi connectivity index (χ2n) is 6.68. The molecule has 4 amide bonds. The Labute approximate surface area is 134 Å². The highest BCUT2D eigenvalue weighted by Crippen LogP contribution is 2.39. The van der Waals surface area contributed by atoms with E-state index < -0.39 is 5.54 Å². The van der Waals surface area contributed by atoms with Gasteiger partial charge in [-0.2, -0.15) is 0 Å². The zero-order valence-electron chi connectivity index (χ0n) is 13.1. The number of benzene rings is 1. The van der Waals surface area contributed by atoms with Crippen LogP contribution in [0.3, 0.4) is 0 Å². The zero-order chi connectivity index (χ0) is 16.2. The van der Waals surface area contributed by atoms with Gasteiger partial charge in [-0.1, -0.05) is 18.2 Å². The molecule has 0 bridgehead atoms. The lowest BCUT2D eigenvalue weighted by Crippen LogP contribution is -2.45. The van der Waals surface area contributed by atoms with Gasteiger partial charge >= 0.3 is 6.03 Å². The molecule has 3 saturated heterocycles. The molecule has 0 radical (unpaired) electrons. The maximum absolute atomic E-state index is 12.8. The molecule has 0 aromatic heterocycles. The predicted octanol–water partition coefficient (Wildman–Crippen LogP) is 1.61. The maximum atomic E-state index is 12.8. The van der Waals surface area contributed by atoms with Gasteiger partial charge in [0.2, 0.25) is 5.91 Å². The van der Waals surface area contributed by atoms with Crippen LogP contribution in [0.15, 0.2) is 30.3 Å². The van der Waals surface area contributed by atoms with Gasteiger partial charge in [0.1, 0.15) is 5.54 Å². The van der Waals surface area contributed by atoms with E-state index in [1.807, 2.05) is 37.3 Å². The number of amides is 4. The molecule has 1 aromatic rings. The van der Waals surface area contributed by atoms with Crippen LogP contribution in [-0.4, -0.2) is 52.3 Å². The minimum atomic E-state index is -0.708. The van der Waals surface area contributed by atoms with Crippen molar-refractivity contribution in [3.8, 4) is 0 Å². The number of urea groups is 1. The van der Waals surface area contributed by atoms with Crippen molar-refractivity contribution >= 4 is 23.5 Å². The Bertz CT molecular complexity index is 690. The molecule has 6 heteroatoms. The Morgan fingerprint density at radius 3 is 2.57 bits per heavy atom. The second-order valence-corrected chi connectivity index (χ2v) is 6.68. The lowest BCUT2D eigenvalue weighted by Gasteiger charge is -2.23. The topological polar surface area (TPSA) is 60.9 Å². The first-order valence-electron chi connectivity index (χ1n) is 8.03. The van der Waals surface area contributed by atoms with Crippen LogP contribution < -0.4 is 4.90 Å². The van der Waals surface area contributed by atoms with Crippen LogP contribution in [0.5, 0.6) is 0 Å². The van der Waals surface area contributed by atoms with Crippen LogP contribution in [0.4, 0.5) is 10.5 Å². The molecule has 4 rings (SSSR count). The van der Waals surface area contributed by atoms with Crippen LogP contribution in [0, 0.1) is 0 Å². The predicted molar refractivity (Wildman–Crippen MR) is 83.8 cm³/mol. The molecule has 0 spiro atoms. The maximum Gasteiger partial charge on any atom is 0.328 e. The summed E-state index contributed by atoms with van der Waals surface area (Å²) in [4.78, 5) is 42.4. The van der Waals surface area contributed by atoms with Crippen LogP contribution in [0.2, 0.25) is 0 Å². The van der Waals surface area contributed by atoms with Gasteiger partial charge < -0.3 is 9.80 Å². The third-order valence-corrected chi connectivity index (χ3v) is 5.30. The van der Waals surface area contributed by atoms with Gasteiger partial charge in [-0.05, 0) is 31.9 Å². The number of rotatable bonds is 2. The molecule has 3 aliphatic rings. The SMILES string of the molecule is C[C@]12CCCN1C(=O)N([C@H]1CC(=O)N(c3ccccc3)C1)C2=O. The van der Waals surface area contributed by atoms with Crippen LogP contribution in [-0.2, 0) is 9.59 Å². The molecular weight excluding hydrogens is 294 g/mol. The summed E-state index contributed by atoms with van der Waals surface area (Å²) in [6.45, 7) is 2.84. The smallest absolute Gasteiger partial charge is 0.310 e. The summed E-state index contributed by atoms with van der Waals surface area (Å²) in [6.07, 6.45) is 1.77. The molecule has 120 valence electrons. The van der Waals surface area contributed by atoms with Crippen LogP contribution in [0.25, 0.3) is 0 Å². The summed E-state index contributed by atoms with van der Waals surface area (Å²) in [5, 5.41) is 0. The van der Waals surface area contributed by atoms with Gasteiger partial charge in [0.25, 0.3) is 5.91 Å². The third kappa shape index (κ3) is 1.90. The molecule has 3 heterocycles. The average molecular weight is 313 g/mol. The molecule has 0 unspecified atom stereocenters. The number of para-hydroxylation sites is 1. The van der Waals surface area contributed by atoms with E-state index in [0.717, 1.165) is 12.1 Å². The van der Waals surface area contributed by atoms with Gasteiger partial charge in [0.05, 0.1) is 6.04 Å². The Kier molecular flexibility index (Phi) is 2.98. The van der Waals surface area contributed by atoms with Gasteiger partial charge in [-0.25, -0.2) is 4.79 Å². The number of hydrogen-bond acceptors (Lipinski definition) is 3. The molecule has 0 N–H and O–H groups in total. The number of fused-ring (bicyclic) bond motifs is 1. The molecule has 1 aromatic carbocycles. The number of carbonyl (C=O) groups is 3. The van der Waals surface area contributed by atoms with Crippen molar-refractivity contribution in [2.75, 3.05) is 18.0 Å². The summed E-state index contributed by atoms with van der Waals surface area (Å²) in [6, 6.07) is 8.77. The fourth-order valence-corrected chi connectivity index (χ4v) is 4.01. The van der Waals surface area contributed by atoms with E-state index in [4.69, 9.17) is 0 Å². The monoisotopic (exact) mass is 313 g/mol. The average Bonchev–Trinajstić information content (AvgIpc) is 3.16. The van der Waals surface area contributed by atoms with E-state index in [1.165, 1.54) is 4.90 Å². The molecule has 23 heavy (non-hydrogen) atoms. The summed E-state index contributed by atoms with van der Waals surface area (Å²) < 4.78 is 0. The van der Waals surface area contributed by atoms with Gasteiger partial charge in [-0.3, -0.25) is 14.5 Å². The molecular formula is C17H19N3O3. The standard InChI is InChI=1S/C17H19N3O3/c1-17-8-5-9-19(17)16(23)20(15(17)22)13-10-14(21)18(11-13)12-6-3-2-4-7-12/h2-4,6-7,13H,5,8-11H2,1H3/t13-,17+/m0/s1. The Balaban J connectivity index is 1.60. The minimum absolute atomic E-state index is 0.0426. The normalized spacial score (nSPS) is 30.6. The fraction of sp³-hybridized carbons (Fsp3) is 0.471. The molecule has 2 atom stereocenters. The van der Waals surface area contributed by atoms with Crippen molar-refractivity contribution in [1.29, 1.82) is 0 Å². The number of nitrogens with zero attached hydrogens (tertiary/aromatic N) is 3. The zero-order valence-corrected chi connectivity index (χ0v) is 13.1. The summed E-state index contributed by atoms with van der Waals surface area (Å²) >= 11 is 0. The van der Waals surface area contributed by atoms with Gasteiger partial charge in [0, 0.05) is 25.2 Å². The first kappa shape index (κ1) is 14.2. The van der Waals surface area contributed by atoms with E-state index in [1.54, 1.807) is 9.80 Å². The van der Waals surface area contributed by atoms with Crippen molar-refractivity contribution in [3.63, 3.8) is 0 Å². The van der Waals surface area contributed by atoms with E-state index in [2.05, 4.69) is 0 Å². The van der Waals surface area contributed by atoms with E-state index in [9.17, 15) is 14.4 Å². The van der Waals surface area contributed by atoms with Crippen molar-refractivity contribution in [2.45, 2.75) is 37.8 Å². The minimum Gasteiger partial charge on any atom is -0.310 e. The van der Waals surface area contributed by atoms with Gasteiger partial charge in [0.15, 0.2) is 0 Å². The Morgan fingerprint density at radius 2 is 1.87 bits per heavy atom. The first-order chi connectivity index (χ1) is 11.0. The molecule has 0 aliphatic carbocycles. The third-order valence-electron chi connectivity index (χ3n) is 5.30. The number of carbonyl (C=O) groups excluding carboxylic acids is 3. The lowest BCUT2D eigenvalue weighted by atomic mass is 9.99. The lowest BCUT2D eigenvalue weighted by molar-refractivity contribution is -0.133. The first-order valence-corrected chi connectivity index (χ1v) is 8.03. The van der Waals surface area contributed by atoms with E-state index >= 15 is 0 Å². The Hall–Kier alpha value is -2.37. The molecule has 0 saturated carbocycles. The second kappa shape index (κ2) is 4.81. The fourth-order valence-electron chi connectivity index (χ4n) is 4.01. The van der Waals surface area contributed by atoms with Crippen LogP contribution in [0.1, 0.15) is 26.2 Å². The number of imide groups is 1. The number of anilines is 1. The van der Waals surface area contributed by atoms with Crippen molar-refractivity contribution in [2.24, 2.45) is 0 Å². The van der Waals surface area contributed by atoms with Crippen molar-refractivity contribution in [3.05, 3.63) is 30.3 Å². The quantitative estimate of drug-likeness (QED) is 0.779. The summed E-state index contributed by atoms with van der Waals surface area (Å²) in [7, 11) is 0. The van der Waals surface area contributed by atoms with Crippen LogP contribution >= 0.6 is 0 Å². The van der Waals surface area contributed by atoms with Crippen molar-refractivity contribution < 1.29 is 14.4 Å². The highest BCUT2D eigenvalue weighted by molar-refractivity contribution is 6.08. The van der Waals surface area contributed by atoms with Crippen molar-refractivity contribution in [1.82, 2.24) is 9.80 Å². The summed E-state index contributed by atoms with van der Waals surface area (Å²) in [5.74, 6) is -0.188. The number of hydrogen-bond donors (Lipinski definition) is 0. The van der Waals surface area contributed by atoms with E-state index in [-0.39, 0.29) is 30.3 Å². The summed E-state index contributed by atoms with van der Waals surface area (Å²) in [5.41, 5.74) is 0.103. The molecule has 3 fully saturated rings. The largest absolute Gasteiger partial charge is 0.328 e. The van der Waals surface area contributed by atoms with Gasteiger partial charge in [-0.15, -0.1) is 0 Å². The molecule has 3 aliphatic heterocycles. The highest BCUT2D eigenvalue weighted by atomic mass is 16.2. The molecule has 6 nitrogen and oxygen atoms in total. The Morgan fingerprint density at radius 1 is 1.13 bits per heavy atom.